The maximum absolute atomic E-state index is 13.0. The molecule has 1 aliphatic rings. The highest BCUT2D eigenvalue weighted by molar-refractivity contribution is 6.46. The summed E-state index contributed by atoms with van der Waals surface area (Å²) < 4.78 is 10.7. The second-order valence-electron chi connectivity index (χ2n) is 7.10. The molecule has 8 nitrogen and oxygen atoms in total. The van der Waals surface area contributed by atoms with Gasteiger partial charge < -0.3 is 24.6 Å². The maximum atomic E-state index is 13.0. The number of halogens is 1. The topological polar surface area (TPSA) is 113 Å². The van der Waals surface area contributed by atoms with E-state index in [4.69, 9.17) is 26.2 Å². The van der Waals surface area contributed by atoms with Gasteiger partial charge in [0.25, 0.3) is 11.7 Å². The third-order valence-electron chi connectivity index (χ3n) is 5.18. The van der Waals surface area contributed by atoms with Crippen molar-refractivity contribution in [2.75, 3.05) is 20.8 Å². The number of aliphatic carboxylic acids is 1. The maximum Gasteiger partial charge on any atom is 0.303 e. The summed E-state index contributed by atoms with van der Waals surface area (Å²) in [5.74, 6) is -2.21. The Morgan fingerprint density at radius 2 is 1.75 bits per heavy atom. The van der Waals surface area contributed by atoms with Crippen LogP contribution in [0, 0.1) is 0 Å². The fraction of sp³-hybridized carbons (Fsp3) is 0.261. The molecule has 2 N–H and O–H groups in total. The highest BCUT2D eigenvalue weighted by atomic mass is 35.5. The number of aliphatic hydroxyl groups excluding tert-OH is 1. The molecule has 2 aromatic rings. The number of Topliss-reactive ketones (excluding diaryl/α,β-unsaturated/α-hetero) is 1. The van der Waals surface area contributed by atoms with E-state index in [1.54, 1.807) is 30.3 Å². The number of carboxylic acid groups (broad SMARTS) is 1. The van der Waals surface area contributed by atoms with Crippen LogP contribution in [0.5, 0.6) is 11.5 Å². The number of methoxy groups -OCH3 is 2. The van der Waals surface area contributed by atoms with Gasteiger partial charge in [-0.3, -0.25) is 14.4 Å². The van der Waals surface area contributed by atoms with Crippen LogP contribution in [-0.2, 0) is 14.4 Å². The molecule has 3 rings (SSSR count). The molecular weight excluding hydrogens is 438 g/mol. The minimum absolute atomic E-state index is 0.00806. The van der Waals surface area contributed by atoms with Gasteiger partial charge in [-0.15, -0.1) is 0 Å². The highest BCUT2D eigenvalue weighted by Crippen LogP contribution is 2.43. The number of benzene rings is 2. The third kappa shape index (κ3) is 4.55. The predicted molar refractivity (Wildman–Crippen MR) is 117 cm³/mol. The number of carbonyl (C=O) groups is 3. The van der Waals surface area contributed by atoms with E-state index in [9.17, 15) is 19.5 Å². The summed E-state index contributed by atoms with van der Waals surface area (Å²) in [6.07, 6.45) is -0.0367. The molecule has 0 saturated carbocycles. The van der Waals surface area contributed by atoms with Crippen LogP contribution >= 0.6 is 11.6 Å². The lowest BCUT2D eigenvalue weighted by Crippen LogP contribution is -2.31. The minimum atomic E-state index is -1.01. The van der Waals surface area contributed by atoms with Crippen molar-refractivity contribution in [2.45, 2.75) is 18.9 Å². The van der Waals surface area contributed by atoms with Crippen LogP contribution in [0.15, 0.2) is 48.0 Å². The number of carbonyl (C=O) groups excluding carboxylic acids is 2. The number of aliphatic hydroxyl groups is 1. The van der Waals surface area contributed by atoms with Crippen LogP contribution in [0.3, 0.4) is 0 Å². The molecule has 1 atom stereocenters. The Labute approximate surface area is 189 Å². The molecule has 168 valence electrons. The first kappa shape index (κ1) is 23.1. The zero-order chi connectivity index (χ0) is 23.4. The number of hydrogen-bond donors (Lipinski definition) is 2. The van der Waals surface area contributed by atoms with Gasteiger partial charge in [0.05, 0.1) is 25.8 Å². The number of likely N-dealkylation sites (tertiary alicyclic amines) is 1. The summed E-state index contributed by atoms with van der Waals surface area (Å²) in [6.45, 7) is 0.00806. The quantitative estimate of drug-likeness (QED) is 0.352. The predicted octanol–water partition coefficient (Wildman–Crippen LogP) is 3.64. The Bertz CT molecular complexity index is 1080. The first-order valence-corrected chi connectivity index (χ1v) is 10.1. The van der Waals surface area contributed by atoms with E-state index in [0.717, 1.165) is 0 Å². The van der Waals surface area contributed by atoms with E-state index < -0.39 is 23.7 Å². The molecule has 1 heterocycles. The zero-order valence-corrected chi connectivity index (χ0v) is 18.3. The minimum Gasteiger partial charge on any atom is -0.507 e. The van der Waals surface area contributed by atoms with Crippen LogP contribution in [0.4, 0.5) is 0 Å². The Hall–Kier alpha value is -3.52. The third-order valence-corrected chi connectivity index (χ3v) is 5.43. The van der Waals surface area contributed by atoms with E-state index in [1.807, 2.05) is 0 Å². The van der Waals surface area contributed by atoms with Gasteiger partial charge in [-0.2, -0.15) is 0 Å². The summed E-state index contributed by atoms with van der Waals surface area (Å²) >= 11 is 5.92. The molecule has 9 heteroatoms. The summed E-state index contributed by atoms with van der Waals surface area (Å²) in [5, 5.41) is 20.4. The number of carboxylic acids is 1. The summed E-state index contributed by atoms with van der Waals surface area (Å²) in [4.78, 5) is 38.1. The molecule has 1 fully saturated rings. The molecule has 1 amide bonds. The highest BCUT2D eigenvalue weighted by Gasteiger charge is 2.46. The molecule has 2 aromatic carbocycles. The van der Waals surface area contributed by atoms with Crippen LogP contribution < -0.4 is 9.47 Å². The number of nitrogens with zero attached hydrogens (tertiary/aromatic N) is 1. The molecule has 0 aromatic heterocycles. The van der Waals surface area contributed by atoms with Crippen molar-refractivity contribution >= 4 is 35.0 Å². The van der Waals surface area contributed by atoms with Crippen LogP contribution in [0.2, 0.25) is 5.02 Å². The Balaban J connectivity index is 2.17. The van der Waals surface area contributed by atoms with Crippen LogP contribution in [0.25, 0.3) is 5.76 Å². The molecule has 0 aliphatic carbocycles. The average Bonchev–Trinajstić information content (AvgIpc) is 3.03. The Kier molecular flexibility index (Phi) is 7.05. The number of ketones is 1. The monoisotopic (exact) mass is 459 g/mol. The fourth-order valence-corrected chi connectivity index (χ4v) is 3.77. The van der Waals surface area contributed by atoms with Crippen molar-refractivity contribution in [1.82, 2.24) is 4.90 Å². The van der Waals surface area contributed by atoms with Crippen molar-refractivity contribution < 1.29 is 34.1 Å². The summed E-state index contributed by atoms with van der Waals surface area (Å²) in [7, 11) is 2.93. The SMILES string of the molecule is COc1ccc([C@H]2C(=C(O)c3ccc(Cl)cc3)C(=O)C(=O)N2CCCC(=O)O)c(OC)c1. The van der Waals surface area contributed by atoms with Gasteiger partial charge in [0.15, 0.2) is 0 Å². The first-order chi connectivity index (χ1) is 15.3. The lowest BCUT2D eigenvalue weighted by atomic mass is 9.94. The smallest absolute Gasteiger partial charge is 0.303 e. The normalized spacial score (nSPS) is 17.5. The fourth-order valence-electron chi connectivity index (χ4n) is 3.64. The van der Waals surface area contributed by atoms with Crippen molar-refractivity contribution in [3.63, 3.8) is 0 Å². The van der Waals surface area contributed by atoms with E-state index in [0.29, 0.717) is 27.6 Å². The Morgan fingerprint density at radius 1 is 1.06 bits per heavy atom. The van der Waals surface area contributed by atoms with Gasteiger partial charge in [-0.1, -0.05) is 11.6 Å². The molecular formula is C23H22ClNO7. The van der Waals surface area contributed by atoms with Gasteiger partial charge in [0.2, 0.25) is 0 Å². The van der Waals surface area contributed by atoms with Gasteiger partial charge in [-0.05, 0) is 42.8 Å². The molecule has 0 spiro atoms. The number of ether oxygens (including phenoxy) is 2. The lowest BCUT2D eigenvalue weighted by Gasteiger charge is -2.26. The Morgan fingerprint density at radius 3 is 2.34 bits per heavy atom. The average molecular weight is 460 g/mol. The summed E-state index contributed by atoms with van der Waals surface area (Å²) in [6, 6.07) is 10.1. The van der Waals surface area contributed by atoms with Gasteiger partial charge in [0, 0.05) is 35.2 Å². The van der Waals surface area contributed by atoms with E-state index in [2.05, 4.69) is 0 Å². The van der Waals surface area contributed by atoms with Gasteiger partial charge >= 0.3 is 5.97 Å². The molecule has 1 saturated heterocycles. The zero-order valence-electron chi connectivity index (χ0n) is 17.5. The number of amides is 1. The first-order valence-electron chi connectivity index (χ1n) is 9.76. The standard InChI is InChI=1S/C23H22ClNO7/c1-31-15-9-10-16(17(12-15)32-2)20-19(21(28)13-5-7-14(24)8-6-13)22(29)23(30)25(20)11-3-4-18(26)27/h5-10,12,20,28H,3-4,11H2,1-2H3,(H,26,27)/t20-/m0/s1. The number of rotatable bonds is 8. The number of hydrogen-bond acceptors (Lipinski definition) is 6. The van der Waals surface area contributed by atoms with Crippen LogP contribution in [0.1, 0.15) is 30.0 Å². The summed E-state index contributed by atoms with van der Waals surface area (Å²) in [5.41, 5.74) is 0.657. The largest absolute Gasteiger partial charge is 0.507 e. The molecule has 1 aliphatic heterocycles. The lowest BCUT2D eigenvalue weighted by molar-refractivity contribution is -0.140. The van der Waals surface area contributed by atoms with Crippen molar-refractivity contribution in [3.8, 4) is 11.5 Å². The van der Waals surface area contributed by atoms with E-state index in [1.165, 1.54) is 31.3 Å². The second kappa shape index (κ2) is 9.74. The van der Waals surface area contributed by atoms with Crippen molar-refractivity contribution in [2.24, 2.45) is 0 Å². The van der Waals surface area contributed by atoms with Crippen LogP contribution in [-0.4, -0.2) is 53.5 Å². The van der Waals surface area contributed by atoms with E-state index >= 15 is 0 Å². The van der Waals surface area contributed by atoms with Gasteiger partial charge in [0.1, 0.15) is 17.3 Å². The second-order valence-corrected chi connectivity index (χ2v) is 7.54. The molecule has 0 unspecified atom stereocenters. The van der Waals surface area contributed by atoms with Gasteiger partial charge in [-0.25, -0.2) is 0 Å². The van der Waals surface area contributed by atoms with E-state index in [-0.39, 0.29) is 30.7 Å². The molecule has 32 heavy (non-hydrogen) atoms. The molecule has 0 radical (unpaired) electrons. The van der Waals surface area contributed by atoms with Crippen molar-refractivity contribution in [3.05, 3.63) is 64.2 Å². The van der Waals surface area contributed by atoms with Crippen molar-refractivity contribution in [1.29, 1.82) is 0 Å². The molecule has 0 bridgehead atoms.